The average molecular weight is 412 g/mol. The molecule has 3 rings (SSSR count). The van der Waals surface area contributed by atoms with Gasteiger partial charge in [-0.2, -0.15) is 23.4 Å². The van der Waals surface area contributed by atoms with Crippen molar-refractivity contribution < 1.29 is 17.9 Å². The highest BCUT2D eigenvalue weighted by atomic mass is 79.9. The number of aromatic nitrogens is 1. The second kappa shape index (κ2) is 6.56. The topological polar surface area (TPSA) is 57.9 Å². The van der Waals surface area contributed by atoms with Crippen LogP contribution in [0.2, 0.25) is 0 Å². The van der Waals surface area contributed by atoms with Gasteiger partial charge in [0, 0.05) is 4.47 Å². The Morgan fingerprint density at radius 1 is 1.40 bits per heavy atom. The van der Waals surface area contributed by atoms with Gasteiger partial charge in [0.25, 0.3) is 0 Å². The third-order valence-electron chi connectivity index (χ3n) is 4.13. The second-order valence-electron chi connectivity index (χ2n) is 5.59. The van der Waals surface area contributed by atoms with Gasteiger partial charge in [0.2, 0.25) is 5.88 Å². The predicted octanol–water partition coefficient (Wildman–Crippen LogP) is 4.84. The minimum atomic E-state index is -4.63. The number of nitrogens with one attached hydrogen (secondary N) is 1. The van der Waals surface area contributed by atoms with E-state index in [-0.39, 0.29) is 23.3 Å². The van der Waals surface area contributed by atoms with E-state index in [1.807, 2.05) is 18.2 Å². The van der Waals surface area contributed by atoms with Crippen molar-refractivity contribution in [3.05, 3.63) is 51.0 Å². The normalized spacial score (nSPS) is 16.2. The van der Waals surface area contributed by atoms with E-state index in [0.29, 0.717) is 6.42 Å². The standard InChI is InChI=1S/C17H13BrF3N3O/c1-25-16-9(8-22)7-12(17(19,20)21)15(24-16)23-14-6-5-10-11(14)3-2-4-13(10)18/h2-4,7,14H,5-6H2,1H3,(H,23,24)/t14-/m0/s1. The summed E-state index contributed by atoms with van der Waals surface area (Å²) in [6.07, 6.45) is -3.23. The highest BCUT2D eigenvalue weighted by Crippen LogP contribution is 2.41. The number of nitrogens with zero attached hydrogens (tertiary/aromatic N) is 2. The largest absolute Gasteiger partial charge is 0.480 e. The van der Waals surface area contributed by atoms with E-state index in [9.17, 15) is 13.2 Å². The van der Waals surface area contributed by atoms with E-state index < -0.39 is 11.7 Å². The molecule has 0 amide bonds. The molecular weight excluding hydrogens is 399 g/mol. The van der Waals surface area contributed by atoms with Crippen LogP contribution in [0.4, 0.5) is 19.0 Å². The fraction of sp³-hybridized carbons (Fsp3) is 0.294. The zero-order valence-corrected chi connectivity index (χ0v) is 14.7. The lowest BCUT2D eigenvalue weighted by Gasteiger charge is -2.20. The zero-order valence-electron chi connectivity index (χ0n) is 13.1. The van der Waals surface area contributed by atoms with E-state index in [4.69, 9.17) is 10.00 Å². The number of halogens is 4. The van der Waals surface area contributed by atoms with Crippen LogP contribution in [0.3, 0.4) is 0 Å². The molecule has 0 saturated heterocycles. The molecule has 4 nitrogen and oxygen atoms in total. The van der Waals surface area contributed by atoms with Crippen LogP contribution in [0.15, 0.2) is 28.7 Å². The minimum Gasteiger partial charge on any atom is -0.480 e. The molecule has 0 saturated carbocycles. The molecule has 8 heteroatoms. The van der Waals surface area contributed by atoms with E-state index in [1.165, 1.54) is 7.11 Å². The van der Waals surface area contributed by atoms with Gasteiger partial charge in [-0.05, 0) is 36.1 Å². The van der Waals surface area contributed by atoms with E-state index in [0.717, 1.165) is 28.1 Å². The Labute approximate surface area is 150 Å². The van der Waals surface area contributed by atoms with E-state index >= 15 is 0 Å². The van der Waals surface area contributed by atoms with E-state index in [1.54, 1.807) is 6.07 Å². The first kappa shape index (κ1) is 17.5. The van der Waals surface area contributed by atoms with Crippen molar-refractivity contribution in [2.75, 3.05) is 12.4 Å². The number of nitriles is 1. The predicted molar refractivity (Wildman–Crippen MR) is 89.3 cm³/mol. The summed E-state index contributed by atoms with van der Waals surface area (Å²) in [7, 11) is 1.27. The van der Waals surface area contributed by atoms with Gasteiger partial charge < -0.3 is 10.1 Å². The summed E-state index contributed by atoms with van der Waals surface area (Å²) in [6.45, 7) is 0. The molecule has 1 aromatic carbocycles. The first-order chi connectivity index (χ1) is 11.8. The number of anilines is 1. The fourth-order valence-electron chi connectivity index (χ4n) is 2.98. The molecule has 1 N–H and O–H groups in total. The molecule has 1 aliphatic carbocycles. The Kier molecular flexibility index (Phi) is 4.60. The number of ether oxygens (including phenoxy) is 1. The van der Waals surface area contributed by atoms with Crippen molar-refractivity contribution >= 4 is 21.7 Å². The maximum Gasteiger partial charge on any atom is 0.419 e. The van der Waals surface area contributed by atoms with Gasteiger partial charge in [0.1, 0.15) is 17.5 Å². The third-order valence-corrected chi connectivity index (χ3v) is 4.87. The van der Waals surface area contributed by atoms with Crippen LogP contribution in [0.25, 0.3) is 0 Å². The fourth-order valence-corrected chi connectivity index (χ4v) is 3.56. The van der Waals surface area contributed by atoms with Gasteiger partial charge in [-0.1, -0.05) is 28.1 Å². The van der Waals surface area contributed by atoms with Crippen molar-refractivity contribution in [3.8, 4) is 11.9 Å². The number of benzene rings is 1. The number of pyridine rings is 1. The highest BCUT2D eigenvalue weighted by Gasteiger charge is 2.37. The Hall–Kier alpha value is -2.27. The lowest BCUT2D eigenvalue weighted by Crippen LogP contribution is -2.16. The van der Waals surface area contributed by atoms with Gasteiger partial charge >= 0.3 is 6.18 Å². The maximum atomic E-state index is 13.4. The van der Waals surface area contributed by atoms with Crippen LogP contribution < -0.4 is 10.1 Å². The molecule has 1 atom stereocenters. The SMILES string of the molecule is COc1nc(N[C@H]2CCc3c(Br)cccc32)c(C(F)(F)F)cc1C#N. The Bertz CT molecular complexity index is 861. The lowest BCUT2D eigenvalue weighted by atomic mass is 10.1. The minimum absolute atomic E-state index is 0.134. The van der Waals surface area contributed by atoms with Gasteiger partial charge in [-0.15, -0.1) is 0 Å². The molecule has 0 spiro atoms. The summed E-state index contributed by atoms with van der Waals surface area (Å²) in [5.41, 5.74) is 0.782. The van der Waals surface area contributed by atoms with Gasteiger partial charge in [-0.25, -0.2) is 0 Å². The van der Waals surface area contributed by atoms with Gasteiger partial charge in [-0.3, -0.25) is 0 Å². The van der Waals surface area contributed by atoms with Crippen molar-refractivity contribution in [3.63, 3.8) is 0 Å². The van der Waals surface area contributed by atoms with Gasteiger partial charge in [0.05, 0.1) is 18.7 Å². The Morgan fingerprint density at radius 2 is 2.16 bits per heavy atom. The van der Waals surface area contributed by atoms with Crippen molar-refractivity contribution in [2.45, 2.75) is 25.1 Å². The van der Waals surface area contributed by atoms with E-state index in [2.05, 4.69) is 26.2 Å². The molecule has 1 aliphatic rings. The zero-order chi connectivity index (χ0) is 18.2. The smallest absolute Gasteiger partial charge is 0.419 e. The monoisotopic (exact) mass is 411 g/mol. The number of alkyl halides is 3. The molecule has 1 aromatic heterocycles. The van der Waals surface area contributed by atoms with Crippen molar-refractivity contribution in [1.29, 1.82) is 5.26 Å². The average Bonchev–Trinajstić information content (AvgIpc) is 2.98. The number of rotatable bonds is 3. The molecule has 0 radical (unpaired) electrons. The number of hydrogen-bond donors (Lipinski definition) is 1. The molecule has 0 bridgehead atoms. The molecule has 25 heavy (non-hydrogen) atoms. The molecule has 130 valence electrons. The van der Waals surface area contributed by atoms with Crippen molar-refractivity contribution in [2.24, 2.45) is 0 Å². The number of fused-ring (bicyclic) bond motifs is 1. The summed E-state index contributed by atoms with van der Waals surface area (Å²) in [6, 6.07) is 7.80. The summed E-state index contributed by atoms with van der Waals surface area (Å²) in [5, 5.41) is 11.9. The number of methoxy groups -OCH3 is 1. The Balaban J connectivity index is 2.04. The molecule has 0 aliphatic heterocycles. The van der Waals surface area contributed by atoms with Crippen LogP contribution >= 0.6 is 15.9 Å². The molecular formula is C17H13BrF3N3O. The van der Waals surface area contributed by atoms with Crippen LogP contribution in [0, 0.1) is 11.3 Å². The first-order valence-corrected chi connectivity index (χ1v) is 8.24. The van der Waals surface area contributed by atoms with Crippen LogP contribution in [-0.2, 0) is 12.6 Å². The van der Waals surface area contributed by atoms with Crippen molar-refractivity contribution in [1.82, 2.24) is 4.98 Å². The molecule has 0 unspecified atom stereocenters. The summed E-state index contributed by atoms with van der Waals surface area (Å²) in [5.74, 6) is -0.466. The van der Waals surface area contributed by atoms with Crippen LogP contribution in [-0.4, -0.2) is 12.1 Å². The third kappa shape index (κ3) is 3.29. The first-order valence-electron chi connectivity index (χ1n) is 7.45. The molecule has 0 fully saturated rings. The maximum absolute atomic E-state index is 13.4. The quantitative estimate of drug-likeness (QED) is 0.784. The number of hydrogen-bond acceptors (Lipinski definition) is 4. The second-order valence-corrected chi connectivity index (χ2v) is 6.45. The van der Waals surface area contributed by atoms with Crippen LogP contribution in [0.5, 0.6) is 5.88 Å². The lowest BCUT2D eigenvalue weighted by molar-refractivity contribution is -0.137. The summed E-state index contributed by atoms with van der Waals surface area (Å²) >= 11 is 3.47. The van der Waals surface area contributed by atoms with Crippen LogP contribution in [0.1, 0.15) is 34.7 Å². The molecule has 1 heterocycles. The van der Waals surface area contributed by atoms with Gasteiger partial charge in [0.15, 0.2) is 0 Å². The highest BCUT2D eigenvalue weighted by molar-refractivity contribution is 9.10. The summed E-state index contributed by atoms with van der Waals surface area (Å²) < 4.78 is 46.1. The Morgan fingerprint density at radius 3 is 2.80 bits per heavy atom. The molecule has 2 aromatic rings. The summed E-state index contributed by atoms with van der Waals surface area (Å²) in [4.78, 5) is 3.90.